The average molecular weight is 600 g/mol. The fraction of sp³-hybridized carbons (Fsp3) is 0.167. The van der Waals surface area contributed by atoms with Crippen molar-refractivity contribution in [2.75, 3.05) is 0 Å². The van der Waals surface area contributed by atoms with Crippen LogP contribution in [0.5, 0.6) is 11.6 Å². The third-order valence-corrected chi connectivity index (χ3v) is 6.87. The number of aryl methyl sites for hydroxylation is 2. The van der Waals surface area contributed by atoms with Gasteiger partial charge in [-0.15, -0.1) is 0 Å². The number of halogens is 5. The van der Waals surface area contributed by atoms with E-state index < -0.39 is 24.2 Å². The Morgan fingerprint density at radius 1 is 1.02 bits per heavy atom. The lowest BCUT2D eigenvalue weighted by Crippen LogP contribution is -2.05. The number of rotatable bonds is 9. The number of imidazole rings is 1. The molecule has 1 N–H and O–H groups in total. The van der Waals surface area contributed by atoms with Crippen LogP contribution in [0.15, 0.2) is 60.7 Å². The summed E-state index contributed by atoms with van der Waals surface area (Å²) < 4.78 is 67.2. The number of aromatic carboxylic acids is 1. The topological polar surface area (TPSA) is 86.5 Å². The van der Waals surface area contributed by atoms with Gasteiger partial charge in [0.05, 0.1) is 16.8 Å². The molecule has 0 aliphatic heterocycles. The number of aromatic nitrogens is 3. The van der Waals surface area contributed by atoms with Gasteiger partial charge >= 0.3 is 12.6 Å². The van der Waals surface area contributed by atoms with Crippen LogP contribution in [0, 0.1) is 18.6 Å². The van der Waals surface area contributed by atoms with Gasteiger partial charge in [0.25, 0.3) is 0 Å². The Bertz CT molecular complexity index is 1830. The van der Waals surface area contributed by atoms with Crippen molar-refractivity contribution in [3.05, 3.63) is 105 Å². The number of hydrogen-bond acceptors (Lipinski definition) is 5. The van der Waals surface area contributed by atoms with Gasteiger partial charge in [-0.2, -0.15) is 8.78 Å². The van der Waals surface area contributed by atoms with E-state index in [4.69, 9.17) is 16.3 Å². The Balaban J connectivity index is 1.42. The summed E-state index contributed by atoms with van der Waals surface area (Å²) in [4.78, 5) is 20.3. The molecular formula is C30H22ClF4N3O4. The van der Waals surface area contributed by atoms with Crippen molar-refractivity contribution in [1.82, 2.24) is 14.5 Å². The van der Waals surface area contributed by atoms with Crippen LogP contribution < -0.4 is 9.47 Å². The van der Waals surface area contributed by atoms with E-state index in [1.54, 1.807) is 44.3 Å². The first-order valence-corrected chi connectivity index (χ1v) is 12.9. The molecule has 0 spiro atoms. The first-order chi connectivity index (χ1) is 20.0. The van der Waals surface area contributed by atoms with Crippen LogP contribution in [0.25, 0.3) is 22.3 Å². The Hall–Kier alpha value is -4.64. The maximum atomic E-state index is 15.4. The summed E-state index contributed by atoms with van der Waals surface area (Å²) in [6.45, 7) is -1.49. The molecule has 2 aromatic heterocycles. The molecule has 0 aliphatic carbocycles. The second-order valence-corrected chi connectivity index (χ2v) is 9.87. The summed E-state index contributed by atoms with van der Waals surface area (Å²) in [5.41, 5.74) is 2.22. The Morgan fingerprint density at radius 2 is 1.79 bits per heavy atom. The lowest BCUT2D eigenvalue weighted by atomic mass is 9.99. The van der Waals surface area contributed by atoms with Crippen LogP contribution in [-0.2, 0) is 20.1 Å². The predicted octanol–water partition coefficient (Wildman–Crippen LogP) is 7.34. The number of alkyl halides is 2. The Kier molecular flexibility index (Phi) is 8.04. The van der Waals surface area contributed by atoms with Crippen LogP contribution in [0.1, 0.15) is 32.9 Å². The number of carbonyl (C=O) groups is 1. The summed E-state index contributed by atoms with van der Waals surface area (Å²) in [5, 5.41) is 9.66. The van der Waals surface area contributed by atoms with Gasteiger partial charge in [-0.25, -0.2) is 23.5 Å². The smallest absolute Gasteiger partial charge is 0.387 e. The first-order valence-electron chi connectivity index (χ1n) is 12.5. The molecule has 0 saturated carbocycles. The van der Waals surface area contributed by atoms with Gasteiger partial charge in [-0.3, -0.25) is 0 Å². The van der Waals surface area contributed by atoms with Crippen molar-refractivity contribution < 1.29 is 36.9 Å². The summed E-state index contributed by atoms with van der Waals surface area (Å²) >= 11 is 5.79. The van der Waals surface area contributed by atoms with Crippen LogP contribution in [0.3, 0.4) is 0 Å². The molecular weight excluding hydrogens is 578 g/mol. The quantitative estimate of drug-likeness (QED) is 0.178. The molecule has 0 radical (unpaired) electrons. The maximum Gasteiger partial charge on any atom is 0.387 e. The van der Waals surface area contributed by atoms with Crippen molar-refractivity contribution in [1.29, 1.82) is 0 Å². The monoisotopic (exact) mass is 599 g/mol. The first kappa shape index (κ1) is 28.9. The van der Waals surface area contributed by atoms with Gasteiger partial charge in [-0.05, 0) is 54.4 Å². The van der Waals surface area contributed by atoms with Gasteiger partial charge in [-0.1, -0.05) is 29.8 Å². The molecule has 0 fully saturated rings. The minimum atomic E-state index is -3.19. The molecule has 0 bridgehead atoms. The maximum absolute atomic E-state index is 15.4. The molecule has 3 aromatic carbocycles. The number of hydrogen-bond donors (Lipinski definition) is 1. The zero-order valence-electron chi connectivity index (χ0n) is 22.2. The van der Waals surface area contributed by atoms with Gasteiger partial charge in [0.1, 0.15) is 29.6 Å². The van der Waals surface area contributed by atoms with Crippen molar-refractivity contribution in [3.8, 4) is 22.9 Å². The number of ether oxygens (including phenoxy) is 2. The lowest BCUT2D eigenvalue weighted by molar-refractivity contribution is -0.0489. The number of pyridine rings is 1. The number of fused-ring (bicyclic) bond motifs is 1. The van der Waals surface area contributed by atoms with Gasteiger partial charge in [0, 0.05) is 35.7 Å². The largest absolute Gasteiger partial charge is 0.478 e. The fourth-order valence-electron chi connectivity index (χ4n) is 4.53. The van der Waals surface area contributed by atoms with Crippen LogP contribution in [0.2, 0.25) is 5.02 Å². The number of carboxylic acid groups (broad SMARTS) is 1. The second-order valence-electron chi connectivity index (χ2n) is 9.43. The van der Waals surface area contributed by atoms with Crippen LogP contribution in [0.4, 0.5) is 17.6 Å². The minimum absolute atomic E-state index is 0.0160. The van der Waals surface area contributed by atoms with Crippen LogP contribution in [-0.4, -0.2) is 32.2 Å². The molecule has 0 atom stereocenters. The van der Waals surface area contributed by atoms with E-state index in [2.05, 4.69) is 14.7 Å². The zero-order chi connectivity index (χ0) is 30.1. The van der Waals surface area contributed by atoms with E-state index in [9.17, 15) is 23.1 Å². The highest BCUT2D eigenvalue weighted by Crippen LogP contribution is 2.32. The summed E-state index contributed by atoms with van der Waals surface area (Å²) in [5.74, 6) is -2.26. The summed E-state index contributed by atoms with van der Waals surface area (Å²) in [6, 6.07) is 14.5. The average Bonchev–Trinajstić information content (AvgIpc) is 3.25. The molecule has 12 heteroatoms. The highest BCUT2D eigenvalue weighted by molar-refractivity contribution is 6.30. The highest BCUT2D eigenvalue weighted by atomic mass is 35.5. The standard InChI is InChI=1S/C30H22ClF4N3O4/c1-15-8-17(11-26-37-28-24(38(26)2)9-18(29(39)40)10-25(28)42-30(34)35)22(33)13-20(15)23-4-3-5-27(36-23)41-14-16-6-7-19(31)12-21(16)32/h3-10,12-13,30H,11,14H2,1-2H3,(H,39,40). The fourth-order valence-corrected chi connectivity index (χ4v) is 4.69. The molecule has 0 saturated heterocycles. The van der Waals surface area contributed by atoms with Gasteiger partial charge in [0.2, 0.25) is 5.88 Å². The molecule has 0 unspecified atom stereocenters. The molecule has 7 nitrogen and oxygen atoms in total. The summed E-state index contributed by atoms with van der Waals surface area (Å²) in [7, 11) is 1.58. The Labute approximate surface area is 241 Å². The molecule has 0 amide bonds. The second kappa shape index (κ2) is 11.7. The molecule has 216 valence electrons. The van der Waals surface area contributed by atoms with Gasteiger partial charge in [0.15, 0.2) is 5.75 Å². The predicted molar refractivity (Wildman–Crippen MR) is 147 cm³/mol. The Morgan fingerprint density at radius 3 is 2.50 bits per heavy atom. The molecule has 5 rings (SSSR count). The van der Waals surface area contributed by atoms with Crippen molar-refractivity contribution in [2.24, 2.45) is 7.05 Å². The van der Waals surface area contributed by atoms with Crippen LogP contribution >= 0.6 is 11.6 Å². The molecule has 2 heterocycles. The lowest BCUT2D eigenvalue weighted by Gasteiger charge is -2.12. The van der Waals surface area contributed by atoms with E-state index in [0.29, 0.717) is 28.2 Å². The van der Waals surface area contributed by atoms with Gasteiger partial charge < -0.3 is 19.1 Å². The number of nitrogens with zero attached hydrogens (tertiary/aromatic N) is 3. The SMILES string of the molecule is Cc1cc(Cc2nc3c(OC(F)F)cc(C(=O)O)cc3n2C)c(F)cc1-c1cccc(OCc2ccc(Cl)cc2F)n1. The molecule has 42 heavy (non-hydrogen) atoms. The van der Waals surface area contributed by atoms with E-state index >= 15 is 4.39 Å². The van der Waals surface area contributed by atoms with E-state index in [1.807, 2.05) is 0 Å². The number of carboxylic acids is 1. The zero-order valence-corrected chi connectivity index (χ0v) is 22.9. The van der Waals surface area contributed by atoms with E-state index in [1.165, 1.54) is 28.8 Å². The van der Waals surface area contributed by atoms with E-state index in [0.717, 1.165) is 6.07 Å². The third-order valence-electron chi connectivity index (χ3n) is 6.64. The normalized spacial score (nSPS) is 11.3. The van der Waals surface area contributed by atoms with Crippen molar-refractivity contribution in [2.45, 2.75) is 26.6 Å². The third kappa shape index (κ3) is 6.01. The van der Waals surface area contributed by atoms with E-state index in [-0.39, 0.29) is 51.8 Å². The van der Waals surface area contributed by atoms with Crippen molar-refractivity contribution >= 4 is 28.6 Å². The highest BCUT2D eigenvalue weighted by Gasteiger charge is 2.20. The number of benzene rings is 3. The van der Waals surface area contributed by atoms with Crippen molar-refractivity contribution in [3.63, 3.8) is 0 Å². The minimum Gasteiger partial charge on any atom is -0.478 e. The summed E-state index contributed by atoms with van der Waals surface area (Å²) in [6.07, 6.45) is -0.0160. The molecule has 5 aromatic rings. The molecule has 0 aliphatic rings.